The Bertz CT molecular complexity index is 895. The van der Waals surface area contributed by atoms with Crippen molar-refractivity contribution in [3.05, 3.63) is 41.8 Å². The van der Waals surface area contributed by atoms with Crippen LogP contribution in [0.4, 0.5) is 5.69 Å². The molecule has 1 N–H and O–H groups in total. The maximum atomic E-state index is 12.5. The van der Waals surface area contributed by atoms with E-state index in [1.54, 1.807) is 41.8 Å². The average molecular weight is 441 g/mol. The highest BCUT2D eigenvalue weighted by Crippen LogP contribution is 2.26. The first-order valence-electron chi connectivity index (χ1n) is 9.02. The number of anilines is 1. The number of carbonyl (C=O) groups excluding carboxylic acids is 2. The molecule has 0 bridgehead atoms. The Balaban J connectivity index is 1.82. The van der Waals surface area contributed by atoms with Gasteiger partial charge in [-0.3, -0.25) is 9.10 Å². The lowest BCUT2D eigenvalue weighted by Crippen LogP contribution is -2.30. The maximum Gasteiger partial charge on any atom is 0.344 e. The topological polar surface area (TPSA) is 102 Å². The SMILES string of the molecule is CCCCNC(=O)COC(=O)COc1ccc(N(C)S(=O)(=O)c2cccs2)cc1. The Morgan fingerprint density at radius 2 is 1.86 bits per heavy atom. The number of nitrogens with one attached hydrogen (secondary N) is 1. The van der Waals surface area contributed by atoms with Crippen LogP contribution in [0, 0.1) is 0 Å². The monoisotopic (exact) mass is 440 g/mol. The van der Waals surface area contributed by atoms with E-state index in [1.165, 1.54) is 11.4 Å². The number of unbranched alkanes of at least 4 members (excludes halogenated alkanes) is 1. The van der Waals surface area contributed by atoms with Crippen LogP contribution in [0.15, 0.2) is 46.0 Å². The number of sulfonamides is 1. The molecular weight excluding hydrogens is 416 g/mol. The summed E-state index contributed by atoms with van der Waals surface area (Å²) < 4.78 is 36.6. The van der Waals surface area contributed by atoms with Crippen molar-refractivity contribution < 1.29 is 27.5 Å². The number of esters is 1. The molecule has 158 valence electrons. The zero-order valence-electron chi connectivity index (χ0n) is 16.3. The van der Waals surface area contributed by atoms with Gasteiger partial charge in [-0.2, -0.15) is 0 Å². The van der Waals surface area contributed by atoms with Gasteiger partial charge in [0.1, 0.15) is 9.96 Å². The van der Waals surface area contributed by atoms with Crippen LogP contribution in [-0.4, -0.2) is 47.1 Å². The second kappa shape index (κ2) is 10.8. The van der Waals surface area contributed by atoms with Gasteiger partial charge in [-0.05, 0) is 42.1 Å². The number of rotatable bonds is 11. The molecule has 0 spiro atoms. The molecule has 2 rings (SSSR count). The number of ether oxygens (including phenoxy) is 2. The molecule has 29 heavy (non-hydrogen) atoms. The zero-order chi connectivity index (χ0) is 21.3. The third kappa shape index (κ3) is 6.75. The molecule has 1 aromatic heterocycles. The van der Waals surface area contributed by atoms with E-state index in [1.807, 2.05) is 6.92 Å². The van der Waals surface area contributed by atoms with Crippen molar-refractivity contribution in [2.75, 3.05) is 31.1 Å². The van der Waals surface area contributed by atoms with E-state index in [4.69, 9.17) is 9.47 Å². The molecule has 1 heterocycles. The molecule has 10 heteroatoms. The van der Waals surface area contributed by atoms with Crippen LogP contribution in [-0.2, 0) is 24.3 Å². The van der Waals surface area contributed by atoms with Gasteiger partial charge in [0, 0.05) is 13.6 Å². The molecule has 0 fully saturated rings. The number of hydrogen-bond acceptors (Lipinski definition) is 7. The van der Waals surface area contributed by atoms with Gasteiger partial charge in [-0.1, -0.05) is 19.4 Å². The van der Waals surface area contributed by atoms with Crippen molar-refractivity contribution >= 4 is 38.9 Å². The van der Waals surface area contributed by atoms with Crippen LogP contribution in [0.25, 0.3) is 0 Å². The summed E-state index contributed by atoms with van der Waals surface area (Å²) in [5.41, 5.74) is 0.456. The van der Waals surface area contributed by atoms with Gasteiger partial charge in [0.05, 0.1) is 5.69 Å². The van der Waals surface area contributed by atoms with Gasteiger partial charge < -0.3 is 14.8 Å². The molecule has 0 unspecified atom stereocenters. The van der Waals surface area contributed by atoms with Crippen LogP contribution in [0.2, 0.25) is 0 Å². The van der Waals surface area contributed by atoms with Crippen LogP contribution in [0.1, 0.15) is 19.8 Å². The van der Waals surface area contributed by atoms with Crippen molar-refractivity contribution in [1.29, 1.82) is 0 Å². The Morgan fingerprint density at radius 3 is 2.48 bits per heavy atom. The van der Waals surface area contributed by atoms with E-state index in [2.05, 4.69) is 5.32 Å². The summed E-state index contributed by atoms with van der Waals surface area (Å²) in [4.78, 5) is 23.2. The van der Waals surface area contributed by atoms with Crippen LogP contribution in [0.3, 0.4) is 0 Å². The molecule has 0 atom stereocenters. The lowest BCUT2D eigenvalue weighted by molar-refractivity contribution is -0.150. The largest absolute Gasteiger partial charge is 0.482 e. The fourth-order valence-electron chi connectivity index (χ4n) is 2.22. The highest BCUT2D eigenvalue weighted by Gasteiger charge is 2.22. The first kappa shape index (κ1) is 22.7. The quantitative estimate of drug-likeness (QED) is 0.425. The van der Waals surface area contributed by atoms with E-state index < -0.39 is 16.0 Å². The maximum absolute atomic E-state index is 12.5. The second-order valence-electron chi connectivity index (χ2n) is 6.05. The minimum atomic E-state index is -3.61. The minimum absolute atomic E-state index is 0.252. The van der Waals surface area contributed by atoms with Crippen molar-refractivity contribution in [2.24, 2.45) is 0 Å². The first-order chi connectivity index (χ1) is 13.8. The molecule has 0 saturated heterocycles. The normalized spacial score (nSPS) is 11.0. The minimum Gasteiger partial charge on any atom is -0.482 e. The highest BCUT2D eigenvalue weighted by atomic mass is 32.2. The number of hydrogen-bond donors (Lipinski definition) is 1. The molecule has 1 amide bonds. The van der Waals surface area contributed by atoms with Gasteiger partial charge in [0.15, 0.2) is 13.2 Å². The number of nitrogens with zero attached hydrogens (tertiary/aromatic N) is 1. The fourth-order valence-corrected chi connectivity index (χ4v) is 4.58. The molecule has 0 radical (unpaired) electrons. The number of carbonyl (C=O) groups is 2. The lowest BCUT2D eigenvalue weighted by atomic mass is 10.3. The molecule has 1 aromatic carbocycles. The van der Waals surface area contributed by atoms with Crippen LogP contribution in [0.5, 0.6) is 5.75 Å². The van der Waals surface area contributed by atoms with Gasteiger partial charge in [0.2, 0.25) is 0 Å². The highest BCUT2D eigenvalue weighted by molar-refractivity contribution is 7.94. The Labute approximate surface area is 174 Å². The van der Waals surface area contributed by atoms with E-state index in [0.717, 1.165) is 24.2 Å². The molecule has 0 aliphatic rings. The van der Waals surface area contributed by atoms with Crippen molar-refractivity contribution in [3.63, 3.8) is 0 Å². The number of thiophene rings is 1. The van der Waals surface area contributed by atoms with E-state index in [-0.39, 0.29) is 23.3 Å². The Morgan fingerprint density at radius 1 is 1.14 bits per heavy atom. The molecule has 8 nitrogen and oxygen atoms in total. The average Bonchev–Trinajstić information content (AvgIpc) is 3.26. The zero-order valence-corrected chi connectivity index (χ0v) is 17.9. The lowest BCUT2D eigenvalue weighted by Gasteiger charge is -2.18. The molecule has 0 aliphatic carbocycles. The first-order valence-corrected chi connectivity index (χ1v) is 11.3. The van der Waals surface area contributed by atoms with Crippen LogP contribution >= 0.6 is 11.3 Å². The molecular formula is C19H24N2O6S2. The predicted molar refractivity (Wildman–Crippen MR) is 111 cm³/mol. The van der Waals surface area contributed by atoms with Gasteiger partial charge in [-0.15, -0.1) is 11.3 Å². The summed E-state index contributed by atoms with van der Waals surface area (Å²) in [6.45, 7) is 1.85. The van der Waals surface area contributed by atoms with E-state index >= 15 is 0 Å². The van der Waals surface area contributed by atoms with Crippen molar-refractivity contribution in [3.8, 4) is 5.75 Å². The van der Waals surface area contributed by atoms with Gasteiger partial charge in [0.25, 0.3) is 15.9 Å². The predicted octanol–water partition coefficient (Wildman–Crippen LogP) is 2.41. The Hall–Kier alpha value is -2.59. The van der Waals surface area contributed by atoms with Crippen molar-refractivity contribution in [2.45, 2.75) is 24.0 Å². The summed E-state index contributed by atoms with van der Waals surface area (Å²) in [5, 5.41) is 4.34. The summed E-state index contributed by atoms with van der Waals surface area (Å²) in [6.07, 6.45) is 1.82. The van der Waals surface area contributed by atoms with E-state index in [9.17, 15) is 18.0 Å². The van der Waals surface area contributed by atoms with Crippen LogP contribution < -0.4 is 14.4 Å². The smallest absolute Gasteiger partial charge is 0.344 e. The van der Waals surface area contributed by atoms with Gasteiger partial charge in [-0.25, -0.2) is 13.2 Å². The summed E-state index contributed by atoms with van der Waals surface area (Å²) >= 11 is 1.15. The van der Waals surface area contributed by atoms with Crippen molar-refractivity contribution in [1.82, 2.24) is 5.32 Å². The Kier molecular flexibility index (Phi) is 8.47. The third-order valence-electron chi connectivity index (χ3n) is 3.88. The second-order valence-corrected chi connectivity index (χ2v) is 9.20. The summed E-state index contributed by atoms with van der Waals surface area (Å²) in [6, 6.07) is 9.49. The van der Waals surface area contributed by atoms with Gasteiger partial charge >= 0.3 is 5.97 Å². The summed E-state index contributed by atoms with van der Waals surface area (Å²) in [7, 11) is -2.15. The van der Waals surface area contributed by atoms with E-state index in [0.29, 0.717) is 18.0 Å². The fraction of sp³-hybridized carbons (Fsp3) is 0.368. The standard InChI is InChI=1S/C19H24N2O6S2/c1-3-4-11-20-17(22)13-27-18(23)14-26-16-9-7-15(8-10-16)21(2)29(24,25)19-6-5-12-28-19/h5-10,12H,3-4,11,13-14H2,1-2H3,(H,20,22). The molecule has 2 aromatic rings. The number of benzene rings is 1. The third-order valence-corrected chi connectivity index (χ3v) is 7.04. The summed E-state index contributed by atoms with van der Waals surface area (Å²) in [5.74, 6) is -0.650. The molecule has 0 aliphatic heterocycles. The molecule has 0 saturated carbocycles. The number of amides is 1.